The third-order valence-electron chi connectivity index (χ3n) is 4.13. The number of hydrogen-bond acceptors (Lipinski definition) is 3. The molecule has 1 aliphatic rings. The third-order valence-corrected chi connectivity index (χ3v) is 5.13. The zero-order valence-electron chi connectivity index (χ0n) is 12.2. The molecule has 1 amide bonds. The summed E-state index contributed by atoms with van der Waals surface area (Å²) in [4.78, 5) is 16.5. The number of carbonyl (C=O) groups is 1. The van der Waals surface area contributed by atoms with Gasteiger partial charge in [0.2, 0.25) is 5.91 Å². The number of aromatic nitrogens is 1. The number of nitrogens with one attached hydrogen (secondary N) is 1. The summed E-state index contributed by atoms with van der Waals surface area (Å²) in [6, 6.07) is 8.35. The molecule has 2 aromatic rings. The molecule has 1 heterocycles. The molecule has 0 saturated heterocycles. The maximum Gasteiger partial charge on any atom is 0.244 e. The van der Waals surface area contributed by atoms with Crippen molar-refractivity contribution in [1.29, 1.82) is 0 Å². The van der Waals surface area contributed by atoms with E-state index in [0.29, 0.717) is 12.0 Å². The van der Waals surface area contributed by atoms with Crippen molar-refractivity contribution in [3.8, 4) is 0 Å². The lowest BCUT2D eigenvalue weighted by atomic mass is 9.86. The van der Waals surface area contributed by atoms with Crippen LogP contribution in [0.5, 0.6) is 0 Å². The Morgan fingerprint density at radius 2 is 2.14 bits per heavy atom. The summed E-state index contributed by atoms with van der Waals surface area (Å²) in [5.74, 6) is 0.576. The van der Waals surface area contributed by atoms with Crippen LogP contribution in [0.1, 0.15) is 37.6 Å². The van der Waals surface area contributed by atoms with Gasteiger partial charge in [-0.25, -0.2) is 4.98 Å². The molecule has 0 aliphatic heterocycles. The van der Waals surface area contributed by atoms with Crippen LogP contribution in [0.3, 0.4) is 0 Å². The largest absolute Gasteiger partial charge is 0.350 e. The maximum atomic E-state index is 12.0. The lowest BCUT2D eigenvalue weighted by Crippen LogP contribution is -2.40. The summed E-state index contributed by atoms with van der Waals surface area (Å²) in [6.07, 6.45) is 8.24. The van der Waals surface area contributed by atoms with Crippen LogP contribution in [0.25, 0.3) is 16.3 Å². The quantitative estimate of drug-likeness (QED) is 0.870. The van der Waals surface area contributed by atoms with Gasteiger partial charge < -0.3 is 5.32 Å². The lowest BCUT2D eigenvalue weighted by molar-refractivity contribution is -0.117. The molecule has 0 spiro atoms. The molecule has 110 valence electrons. The van der Waals surface area contributed by atoms with Gasteiger partial charge in [-0.05, 0) is 37.0 Å². The van der Waals surface area contributed by atoms with E-state index in [4.69, 9.17) is 0 Å². The van der Waals surface area contributed by atoms with Crippen LogP contribution in [0.4, 0.5) is 0 Å². The number of rotatable bonds is 3. The van der Waals surface area contributed by atoms with Gasteiger partial charge >= 0.3 is 0 Å². The molecular weight excluding hydrogens is 280 g/mol. The fraction of sp³-hybridized carbons (Fsp3) is 0.412. The second-order valence-electron chi connectivity index (χ2n) is 5.73. The minimum atomic E-state index is -0.00648. The van der Waals surface area contributed by atoms with Gasteiger partial charge in [0.25, 0.3) is 0 Å². The SMILES string of the molecule is C[C@@H]1CCCC[C@@H]1NC(=O)/C=C/c1nc2ccccc2s1. The average molecular weight is 300 g/mol. The number of thiazole rings is 1. The normalized spacial score (nSPS) is 22.7. The Morgan fingerprint density at radius 1 is 1.33 bits per heavy atom. The first-order valence-corrected chi connectivity index (χ1v) is 8.38. The van der Waals surface area contributed by atoms with Crippen molar-refractivity contribution < 1.29 is 4.79 Å². The van der Waals surface area contributed by atoms with Crippen LogP contribution in [0.2, 0.25) is 0 Å². The number of fused-ring (bicyclic) bond motifs is 1. The molecule has 3 rings (SSSR count). The molecule has 1 N–H and O–H groups in total. The van der Waals surface area contributed by atoms with E-state index in [1.54, 1.807) is 17.4 Å². The van der Waals surface area contributed by atoms with Crippen molar-refractivity contribution in [1.82, 2.24) is 10.3 Å². The number of hydrogen-bond donors (Lipinski definition) is 1. The molecule has 2 atom stereocenters. The molecule has 1 fully saturated rings. The number of amides is 1. The summed E-state index contributed by atoms with van der Waals surface area (Å²) in [5.41, 5.74) is 0.989. The first kappa shape index (κ1) is 14.3. The van der Waals surface area contributed by atoms with Crippen molar-refractivity contribution in [2.45, 2.75) is 38.6 Å². The van der Waals surface area contributed by atoms with Crippen molar-refractivity contribution in [2.24, 2.45) is 5.92 Å². The average Bonchev–Trinajstić information content (AvgIpc) is 2.90. The highest BCUT2D eigenvalue weighted by atomic mass is 32.1. The van der Waals surface area contributed by atoms with Gasteiger partial charge in [0.15, 0.2) is 0 Å². The van der Waals surface area contributed by atoms with Crippen LogP contribution in [0.15, 0.2) is 30.3 Å². The number of benzene rings is 1. The zero-order valence-corrected chi connectivity index (χ0v) is 13.0. The van der Waals surface area contributed by atoms with Crippen LogP contribution in [0, 0.1) is 5.92 Å². The molecule has 21 heavy (non-hydrogen) atoms. The van der Waals surface area contributed by atoms with Crippen LogP contribution in [-0.2, 0) is 4.79 Å². The van der Waals surface area contributed by atoms with E-state index in [9.17, 15) is 4.79 Å². The van der Waals surface area contributed by atoms with Gasteiger partial charge in [-0.15, -0.1) is 11.3 Å². The molecular formula is C17H20N2OS. The molecule has 1 aromatic heterocycles. The van der Waals surface area contributed by atoms with E-state index in [1.165, 1.54) is 19.3 Å². The molecule has 0 radical (unpaired) electrons. The fourth-order valence-corrected chi connectivity index (χ4v) is 3.74. The number of para-hydroxylation sites is 1. The van der Waals surface area contributed by atoms with Crippen LogP contribution in [-0.4, -0.2) is 16.9 Å². The Hall–Kier alpha value is -1.68. The van der Waals surface area contributed by atoms with Gasteiger partial charge in [-0.3, -0.25) is 4.79 Å². The highest BCUT2D eigenvalue weighted by Gasteiger charge is 2.21. The minimum absolute atomic E-state index is 0.00648. The minimum Gasteiger partial charge on any atom is -0.350 e. The van der Waals surface area contributed by atoms with Crippen molar-refractivity contribution >= 4 is 33.5 Å². The van der Waals surface area contributed by atoms with Gasteiger partial charge in [-0.2, -0.15) is 0 Å². The molecule has 0 unspecified atom stereocenters. The smallest absolute Gasteiger partial charge is 0.244 e. The predicted molar refractivity (Wildman–Crippen MR) is 88.2 cm³/mol. The molecule has 1 aliphatic carbocycles. The highest BCUT2D eigenvalue weighted by molar-refractivity contribution is 7.19. The van der Waals surface area contributed by atoms with Crippen LogP contribution < -0.4 is 5.32 Å². The Kier molecular flexibility index (Phi) is 4.34. The molecule has 3 nitrogen and oxygen atoms in total. The first-order valence-electron chi connectivity index (χ1n) is 7.56. The van der Waals surface area contributed by atoms with Crippen molar-refractivity contribution in [2.75, 3.05) is 0 Å². The Bertz CT molecular complexity index is 629. The van der Waals surface area contributed by atoms with E-state index in [1.807, 2.05) is 30.3 Å². The van der Waals surface area contributed by atoms with Crippen LogP contribution >= 0.6 is 11.3 Å². The Labute approximate surface area is 129 Å². The van der Waals surface area contributed by atoms with E-state index in [-0.39, 0.29) is 5.91 Å². The van der Waals surface area contributed by atoms with E-state index in [0.717, 1.165) is 21.6 Å². The molecule has 0 bridgehead atoms. The predicted octanol–water partition coefficient (Wildman–Crippen LogP) is 4.00. The Balaban J connectivity index is 1.63. The molecule has 1 saturated carbocycles. The first-order chi connectivity index (χ1) is 10.2. The second-order valence-corrected chi connectivity index (χ2v) is 6.79. The summed E-state index contributed by atoms with van der Waals surface area (Å²) in [5, 5.41) is 4.00. The standard InChI is InChI=1S/C17H20N2OS/c1-12-6-2-3-7-13(12)18-16(20)10-11-17-19-14-8-4-5-9-15(14)21-17/h4-5,8-13H,2-3,6-7H2,1H3,(H,18,20)/b11-10+/t12-,13+/m1/s1. The van der Waals surface area contributed by atoms with E-state index in [2.05, 4.69) is 17.2 Å². The summed E-state index contributed by atoms with van der Waals surface area (Å²) < 4.78 is 1.15. The summed E-state index contributed by atoms with van der Waals surface area (Å²) in [7, 11) is 0. The van der Waals surface area contributed by atoms with E-state index < -0.39 is 0 Å². The van der Waals surface area contributed by atoms with Gasteiger partial charge in [-0.1, -0.05) is 31.9 Å². The van der Waals surface area contributed by atoms with Gasteiger partial charge in [0.1, 0.15) is 5.01 Å². The Morgan fingerprint density at radius 3 is 2.95 bits per heavy atom. The maximum absolute atomic E-state index is 12.0. The third kappa shape index (κ3) is 3.50. The van der Waals surface area contributed by atoms with Gasteiger partial charge in [0, 0.05) is 12.1 Å². The molecule has 1 aromatic carbocycles. The zero-order chi connectivity index (χ0) is 14.7. The second kappa shape index (κ2) is 6.39. The van der Waals surface area contributed by atoms with Gasteiger partial charge in [0.05, 0.1) is 10.2 Å². The van der Waals surface area contributed by atoms with E-state index >= 15 is 0 Å². The topological polar surface area (TPSA) is 42.0 Å². The monoisotopic (exact) mass is 300 g/mol. The van der Waals surface area contributed by atoms with Crippen molar-refractivity contribution in [3.05, 3.63) is 35.3 Å². The summed E-state index contributed by atoms with van der Waals surface area (Å²) >= 11 is 1.61. The highest BCUT2D eigenvalue weighted by Crippen LogP contribution is 2.24. The number of nitrogens with zero attached hydrogens (tertiary/aromatic N) is 1. The lowest BCUT2D eigenvalue weighted by Gasteiger charge is -2.29. The number of carbonyl (C=O) groups excluding carboxylic acids is 1. The summed E-state index contributed by atoms with van der Waals surface area (Å²) in [6.45, 7) is 2.22. The fourth-order valence-electron chi connectivity index (χ4n) is 2.87. The van der Waals surface area contributed by atoms with Crippen molar-refractivity contribution in [3.63, 3.8) is 0 Å². The molecule has 4 heteroatoms.